The molecular weight excluding hydrogens is 209 g/mol. The molecule has 0 radical (unpaired) electrons. The minimum absolute atomic E-state index is 0. The van der Waals surface area contributed by atoms with E-state index in [0.29, 0.717) is 10.6 Å². The van der Waals surface area contributed by atoms with Crippen molar-refractivity contribution < 1.29 is 4.79 Å². The van der Waals surface area contributed by atoms with Crippen molar-refractivity contribution >= 4 is 29.8 Å². The summed E-state index contributed by atoms with van der Waals surface area (Å²) in [6.45, 7) is 1.66. The smallest absolute Gasteiger partial charge is 0.179 e. The van der Waals surface area contributed by atoms with Crippen LogP contribution in [0.1, 0.15) is 17.3 Å². The lowest BCUT2D eigenvalue weighted by molar-refractivity contribution is 0.0968. The van der Waals surface area contributed by atoms with E-state index in [1.165, 1.54) is 0 Å². The van der Waals surface area contributed by atoms with Crippen LogP contribution in [0.5, 0.6) is 0 Å². The molecule has 1 rings (SSSR count). The third-order valence-corrected chi connectivity index (χ3v) is 1.76. The summed E-state index contributed by atoms with van der Waals surface area (Å²) in [6.07, 6.45) is 0. The Hall–Kier alpha value is -0.570. The molecule has 0 aromatic heterocycles. The largest absolute Gasteiger partial charge is 0.321 e. The van der Waals surface area contributed by atoms with Crippen molar-refractivity contribution in [1.29, 1.82) is 0 Å². The summed E-state index contributed by atoms with van der Waals surface area (Å²) in [5, 5.41) is 0.557. The highest BCUT2D eigenvalue weighted by molar-refractivity contribution is 6.31. The predicted molar refractivity (Wildman–Crippen MR) is 56.7 cm³/mol. The Morgan fingerprint density at radius 3 is 2.62 bits per heavy atom. The monoisotopic (exact) mass is 219 g/mol. The summed E-state index contributed by atoms with van der Waals surface area (Å²) < 4.78 is 0. The Bertz CT molecular complexity index is 299. The van der Waals surface area contributed by atoms with E-state index in [9.17, 15) is 4.79 Å². The van der Waals surface area contributed by atoms with Crippen LogP contribution in [0, 0.1) is 0 Å². The van der Waals surface area contributed by atoms with E-state index < -0.39 is 6.04 Å². The van der Waals surface area contributed by atoms with Crippen molar-refractivity contribution in [3.63, 3.8) is 0 Å². The normalized spacial score (nSPS) is 11.6. The number of halogens is 2. The third kappa shape index (κ3) is 3.35. The average molecular weight is 220 g/mol. The lowest BCUT2D eigenvalue weighted by Crippen LogP contribution is -2.26. The maximum Gasteiger partial charge on any atom is 0.179 e. The molecule has 1 aromatic rings. The van der Waals surface area contributed by atoms with Crippen LogP contribution in [0.15, 0.2) is 24.3 Å². The molecular formula is C9H11Cl2NO. The van der Waals surface area contributed by atoms with Gasteiger partial charge in [0.25, 0.3) is 0 Å². The second-order valence-corrected chi connectivity index (χ2v) is 3.10. The summed E-state index contributed by atoms with van der Waals surface area (Å²) in [6, 6.07) is 6.31. The molecule has 0 aliphatic heterocycles. The van der Waals surface area contributed by atoms with Gasteiger partial charge in [0.2, 0.25) is 0 Å². The highest BCUT2D eigenvalue weighted by Gasteiger charge is 2.09. The Labute approximate surface area is 88.5 Å². The molecule has 0 aliphatic rings. The maximum atomic E-state index is 11.3. The fourth-order valence-electron chi connectivity index (χ4n) is 0.905. The van der Waals surface area contributed by atoms with Gasteiger partial charge in [0.1, 0.15) is 0 Å². The van der Waals surface area contributed by atoms with Gasteiger partial charge in [-0.25, -0.2) is 0 Å². The van der Waals surface area contributed by atoms with Crippen LogP contribution in [-0.4, -0.2) is 11.8 Å². The molecule has 0 saturated heterocycles. The molecule has 2 nitrogen and oxygen atoms in total. The Balaban J connectivity index is 0.00000144. The van der Waals surface area contributed by atoms with Gasteiger partial charge >= 0.3 is 0 Å². The molecule has 2 N–H and O–H groups in total. The van der Waals surface area contributed by atoms with Crippen LogP contribution in [0.2, 0.25) is 5.02 Å². The molecule has 0 unspecified atom stereocenters. The van der Waals surface area contributed by atoms with Gasteiger partial charge in [-0.1, -0.05) is 23.7 Å². The summed E-state index contributed by atoms with van der Waals surface area (Å²) >= 11 is 5.70. The quantitative estimate of drug-likeness (QED) is 0.777. The first-order valence-corrected chi connectivity index (χ1v) is 4.04. The van der Waals surface area contributed by atoms with E-state index in [2.05, 4.69) is 0 Å². The number of Topliss-reactive ketones (excluding diaryl/α,β-unsaturated/α-hetero) is 1. The second-order valence-electron chi connectivity index (χ2n) is 2.66. The molecule has 0 aliphatic carbocycles. The van der Waals surface area contributed by atoms with Crippen LogP contribution in [0.4, 0.5) is 0 Å². The van der Waals surface area contributed by atoms with Gasteiger partial charge in [-0.15, -0.1) is 12.4 Å². The van der Waals surface area contributed by atoms with Crippen LogP contribution in [-0.2, 0) is 0 Å². The van der Waals surface area contributed by atoms with Gasteiger partial charge < -0.3 is 5.73 Å². The Morgan fingerprint density at radius 2 is 2.15 bits per heavy atom. The van der Waals surface area contributed by atoms with E-state index in [-0.39, 0.29) is 18.2 Å². The van der Waals surface area contributed by atoms with Gasteiger partial charge in [0.05, 0.1) is 6.04 Å². The third-order valence-electron chi connectivity index (χ3n) is 1.52. The Kier molecular flexibility index (Phi) is 4.99. The molecule has 0 bridgehead atoms. The zero-order valence-corrected chi connectivity index (χ0v) is 8.73. The van der Waals surface area contributed by atoms with Crippen molar-refractivity contribution in [2.24, 2.45) is 5.73 Å². The molecule has 0 spiro atoms. The number of ketones is 1. The van der Waals surface area contributed by atoms with E-state index in [4.69, 9.17) is 17.3 Å². The van der Waals surface area contributed by atoms with Crippen molar-refractivity contribution in [2.45, 2.75) is 13.0 Å². The summed E-state index contributed by atoms with van der Waals surface area (Å²) in [5.41, 5.74) is 5.99. The Morgan fingerprint density at radius 1 is 1.54 bits per heavy atom. The van der Waals surface area contributed by atoms with Gasteiger partial charge in [-0.3, -0.25) is 4.79 Å². The minimum atomic E-state index is -0.469. The van der Waals surface area contributed by atoms with Crippen molar-refractivity contribution in [3.8, 4) is 0 Å². The second kappa shape index (κ2) is 5.22. The summed E-state index contributed by atoms with van der Waals surface area (Å²) in [4.78, 5) is 11.3. The van der Waals surface area contributed by atoms with Gasteiger partial charge in [-0.2, -0.15) is 0 Å². The fraction of sp³-hybridized carbons (Fsp3) is 0.222. The average Bonchev–Trinajstić information content (AvgIpc) is 2.03. The van der Waals surface area contributed by atoms with Gasteiger partial charge in [0, 0.05) is 10.6 Å². The molecule has 13 heavy (non-hydrogen) atoms. The molecule has 4 heteroatoms. The number of carbonyl (C=O) groups excluding carboxylic acids is 1. The summed E-state index contributed by atoms with van der Waals surface area (Å²) in [5.74, 6) is -0.0856. The topological polar surface area (TPSA) is 43.1 Å². The fourth-order valence-corrected chi connectivity index (χ4v) is 1.09. The molecule has 0 fully saturated rings. The number of hydrogen-bond acceptors (Lipinski definition) is 2. The standard InChI is InChI=1S/C9H10ClNO.ClH/c1-6(11)9(12)7-3-2-4-8(10)5-7;/h2-6H,11H2,1H3;1H/t6-;/m0./s1. The van der Waals surface area contributed by atoms with Gasteiger partial charge in [0.15, 0.2) is 5.78 Å². The van der Waals surface area contributed by atoms with E-state index in [1.807, 2.05) is 0 Å². The van der Waals surface area contributed by atoms with Gasteiger partial charge in [-0.05, 0) is 19.1 Å². The SMILES string of the molecule is C[C@H](N)C(=O)c1cccc(Cl)c1.Cl. The summed E-state index contributed by atoms with van der Waals surface area (Å²) in [7, 11) is 0. The number of carbonyl (C=O) groups is 1. The van der Waals surface area contributed by atoms with Crippen LogP contribution in [0.3, 0.4) is 0 Å². The molecule has 0 heterocycles. The first-order valence-electron chi connectivity index (χ1n) is 3.66. The first-order chi connectivity index (χ1) is 5.61. The zero-order valence-electron chi connectivity index (χ0n) is 7.16. The number of benzene rings is 1. The highest BCUT2D eigenvalue weighted by atomic mass is 35.5. The lowest BCUT2D eigenvalue weighted by Gasteiger charge is -2.03. The zero-order chi connectivity index (χ0) is 9.14. The number of rotatable bonds is 2. The van der Waals surface area contributed by atoms with Crippen LogP contribution in [0.25, 0.3) is 0 Å². The molecule has 72 valence electrons. The van der Waals surface area contributed by atoms with E-state index in [1.54, 1.807) is 31.2 Å². The molecule has 0 amide bonds. The van der Waals surface area contributed by atoms with Crippen molar-refractivity contribution in [3.05, 3.63) is 34.9 Å². The van der Waals surface area contributed by atoms with Crippen LogP contribution >= 0.6 is 24.0 Å². The highest BCUT2D eigenvalue weighted by Crippen LogP contribution is 2.11. The predicted octanol–water partition coefficient (Wildman–Crippen LogP) is 2.29. The molecule has 1 aromatic carbocycles. The molecule has 1 atom stereocenters. The number of hydrogen-bond donors (Lipinski definition) is 1. The minimum Gasteiger partial charge on any atom is -0.321 e. The van der Waals surface area contributed by atoms with Crippen molar-refractivity contribution in [1.82, 2.24) is 0 Å². The lowest BCUT2D eigenvalue weighted by atomic mass is 10.1. The molecule has 0 saturated carbocycles. The van der Waals surface area contributed by atoms with E-state index in [0.717, 1.165) is 0 Å². The first kappa shape index (κ1) is 12.4. The van der Waals surface area contributed by atoms with Crippen LogP contribution < -0.4 is 5.73 Å². The number of nitrogens with two attached hydrogens (primary N) is 1. The van der Waals surface area contributed by atoms with E-state index >= 15 is 0 Å². The maximum absolute atomic E-state index is 11.3. The van der Waals surface area contributed by atoms with Crippen molar-refractivity contribution in [2.75, 3.05) is 0 Å².